The molecule has 0 N–H and O–H groups in total. The third-order valence-corrected chi connectivity index (χ3v) is 6.66. The Bertz CT molecular complexity index is 666. The van der Waals surface area contributed by atoms with E-state index in [1.807, 2.05) is 44.4 Å². The van der Waals surface area contributed by atoms with E-state index in [1.165, 1.54) is 0 Å². The van der Waals surface area contributed by atoms with Crippen LogP contribution in [0.2, 0.25) is 0 Å². The minimum atomic E-state index is -0.490. The van der Waals surface area contributed by atoms with E-state index < -0.39 is 5.60 Å². The van der Waals surface area contributed by atoms with Crippen LogP contribution in [-0.4, -0.2) is 89.7 Å². The molecular formula is C24H41N3O5. The number of nitrogens with zero attached hydrogens (tertiary/aromatic N) is 3. The van der Waals surface area contributed by atoms with Gasteiger partial charge in [0.25, 0.3) is 0 Å². The van der Waals surface area contributed by atoms with Gasteiger partial charge in [0, 0.05) is 51.6 Å². The van der Waals surface area contributed by atoms with Crippen LogP contribution in [0.25, 0.3) is 0 Å². The molecule has 3 saturated heterocycles. The molecule has 0 bridgehead atoms. The number of amides is 3. The average molecular weight is 452 g/mol. The van der Waals surface area contributed by atoms with Crippen LogP contribution >= 0.6 is 0 Å². The van der Waals surface area contributed by atoms with E-state index in [0.717, 1.165) is 25.7 Å². The second-order valence-corrected chi connectivity index (χ2v) is 10.8. The van der Waals surface area contributed by atoms with Crippen molar-refractivity contribution >= 4 is 17.9 Å². The molecule has 0 aromatic rings. The first-order valence-electron chi connectivity index (χ1n) is 12.2. The van der Waals surface area contributed by atoms with Crippen molar-refractivity contribution < 1.29 is 23.9 Å². The van der Waals surface area contributed by atoms with Crippen molar-refractivity contribution in [1.29, 1.82) is 0 Å². The van der Waals surface area contributed by atoms with Crippen molar-refractivity contribution in [2.75, 3.05) is 39.3 Å². The van der Waals surface area contributed by atoms with Crippen LogP contribution in [0.5, 0.6) is 0 Å². The Morgan fingerprint density at radius 1 is 0.844 bits per heavy atom. The van der Waals surface area contributed by atoms with Crippen LogP contribution in [-0.2, 0) is 19.1 Å². The lowest BCUT2D eigenvalue weighted by Gasteiger charge is -2.39. The van der Waals surface area contributed by atoms with E-state index in [9.17, 15) is 14.4 Å². The highest BCUT2D eigenvalue weighted by Gasteiger charge is 2.34. The Hall–Kier alpha value is -1.83. The number of carbonyl (C=O) groups excluding carboxylic acids is 3. The SMILES string of the molecule is C[C@@H]1CN(C(=O)C2CCN(C(=O)CC3CCN(C(=O)OC(C)(C)C)CC3)CC2)C[C@@H](C)O1. The number of piperidine rings is 2. The maximum Gasteiger partial charge on any atom is 0.410 e. The summed E-state index contributed by atoms with van der Waals surface area (Å²) in [6.07, 6.45) is 3.54. The number of rotatable bonds is 3. The molecule has 3 amide bonds. The molecule has 8 heteroatoms. The van der Waals surface area contributed by atoms with Crippen LogP contribution < -0.4 is 0 Å². The standard InChI is InChI=1S/C24H41N3O5/c1-17-15-27(16-18(2)31-17)22(29)20-8-12-25(13-9-20)21(28)14-19-6-10-26(11-7-19)23(30)32-24(3,4)5/h17-20H,6-16H2,1-5H3/t17-,18-/m1/s1. The smallest absolute Gasteiger partial charge is 0.410 e. The van der Waals surface area contributed by atoms with Gasteiger partial charge < -0.3 is 24.2 Å². The van der Waals surface area contributed by atoms with Crippen molar-refractivity contribution in [3.63, 3.8) is 0 Å². The summed E-state index contributed by atoms with van der Waals surface area (Å²) < 4.78 is 11.2. The summed E-state index contributed by atoms with van der Waals surface area (Å²) in [6, 6.07) is 0. The average Bonchev–Trinajstić information content (AvgIpc) is 2.72. The number of likely N-dealkylation sites (tertiary alicyclic amines) is 2. The molecule has 0 radical (unpaired) electrons. The Balaban J connectivity index is 1.39. The van der Waals surface area contributed by atoms with Gasteiger partial charge in [-0.3, -0.25) is 9.59 Å². The topological polar surface area (TPSA) is 79.4 Å². The van der Waals surface area contributed by atoms with Crippen LogP contribution in [0.15, 0.2) is 0 Å². The van der Waals surface area contributed by atoms with E-state index >= 15 is 0 Å². The minimum Gasteiger partial charge on any atom is -0.444 e. The first kappa shape index (κ1) is 24.8. The lowest BCUT2D eigenvalue weighted by molar-refractivity contribution is -0.150. The van der Waals surface area contributed by atoms with E-state index in [4.69, 9.17) is 9.47 Å². The summed E-state index contributed by atoms with van der Waals surface area (Å²) >= 11 is 0. The number of ether oxygens (including phenoxy) is 2. The molecule has 3 rings (SSSR count). The van der Waals surface area contributed by atoms with Gasteiger partial charge in [-0.15, -0.1) is 0 Å². The number of hydrogen-bond acceptors (Lipinski definition) is 5. The Morgan fingerprint density at radius 2 is 1.38 bits per heavy atom. The van der Waals surface area contributed by atoms with Gasteiger partial charge in [0.05, 0.1) is 12.2 Å². The fourth-order valence-corrected chi connectivity index (χ4v) is 5.01. The highest BCUT2D eigenvalue weighted by Crippen LogP contribution is 2.26. The number of morpholine rings is 1. The van der Waals surface area contributed by atoms with Crippen molar-refractivity contribution in [3.05, 3.63) is 0 Å². The molecule has 2 atom stereocenters. The highest BCUT2D eigenvalue weighted by molar-refractivity contribution is 5.80. The third kappa shape index (κ3) is 6.83. The number of carbonyl (C=O) groups is 3. The first-order chi connectivity index (χ1) is 15.0. The maximum absolute atomic E-state index is 12.9. The lowest BCUT2D eigenvalue weighted by atomic mass is 9.91. The van der Waals surface area contributed by atoms with Gasteiger partial charge in [-0.25, -0.2) is 4.79 Å². The predicted octanol–water partition coefficient (Wildman–Crippen LogP) is 2.90. The summed E-state index contributed by atoms with van der Waals surface area (Å²) in [6.45, 7) is 13.5. The van der Waals surface area contributed by atoms with Gasteiger partial charge in [-0.05, 0) is 66.2 Å². The molecule has 0 unspecified atom stereocenters. The summed E-state index contributed by atoms with van der Waals surface area (Å²) in [4.78, 5) is 43.6. The zero-order valence-corrected chi connectivity index (χ0v) is 20.5. The van der Waals surface area contributed by atoms with Gasteiger partial charge >= 0.3 is 6.09 Å². The molecule has 32 heavy (non-hydrogen) atoms. The molecule has 0 spiro atoms. The minimum absolute atomic E-state index is 0.00798. The normalized spacial score (nSPS) is 26.2. The molecule has 182 valence electrons. The fourth-order valence-electron chi connectivity index (χ4n) is 5.01. The largest absolute Gasteiger partial charge is 0.444 e. The van der Waals surface area contributed by atoms with Gasteiger partial charge in [0.1, 0.15) is 5.60 Å². The van der Waals surface area contributed by atoms with E-state index in [1.54, 1.807) is 4.90 Å². The van der Waals surface area contributed by atoms with Crippen molar-refractivity contribution in [2.45, 2.75) is 84.5 Å². The second kappa shape index (κ2) is 10.4. The van der Waals surface area contributed by atoms with Gasteiger partial charge in [0.15, 0.2) is 0 Å². The first-order valence-corrected chi connectivity index (χ1v) is 12.2. The van der Waals surface area contributed by atoms with Gasteiger partial charge in [0.2, 0.25) is 11.8 Å². The molecule has 0 aromatic heterocycles. The van der Waals surface area contributed by atoms with E-state index in [-0.39, 0.29) is 36.0 Å². The molecule has 3 fully saturated rings. The summed E-state index contributed by atoms with van der Waals surface area (Å²) in [5.74, 6) is 0.708. The summed E-state index contributed by atoms with van der Waals surface area (Å²) in [5, 5.41) is 0. The Labute approximate surface area is 192 Å². The Morgan fingerprint density at radius 3 is 1.91 bits per heavy atom. The zero-order chi connectivity index (χ0) is 23.5. The quantitative estimate of drug-likeness (QED) is 0.659. The van der Waals surface area contributed by atoms with Crippen molar-refractivity contribution in [2.24, 2.45) is 11.8 Å². The van der Waals surface area contributed by atoms with Crippen molar-refractivity contribution in [3.8, 4) is 0 Å². The van der Waals surface area contributed by atoms with Gasteiger partial charge in [-0.2, -0.15) is 0 Å². The van der Waals surface area contributed by atoms with Gasteiger partial charge in [-0.1, -0.05) is 0 Å². The fraction of sp³-hybridized carbons (Fsp3) is 0.875. The summed E-state index contributed by atoms with van der Waals surface area (Å²) in [7, 11) is 0. The van der Waals surface area contributed by atoms with Crippen LogP contribution in [0, 0.1) is 11.8 Å². The number of hydrogen-bond donors (Lipinski definition) is 0. The molecule has 8 nitrogen and oxygen atoms in total. The monoisotopic (exact) mass is 451 g/mol. The predicted molar refractivity (Wildman–Crippen MR) is 121 cm³/mol. The van der Waals surface area contributed by atoms with Crippen LogP contribution in [0.3, 0.4) is 0 Å². The molecule has 0 aliphatic carbocycles. The zero-order valence-electron chi connectivity index (χ0n) is 20.5. The Kier molecular flexibility index (Phi) is 8.06. The second-order valence-electron chi connectivity index (χ2n) is 10.8. The summed E-state index contributed by atoms with van der Waals surface area (Å²) in [5.41, 5.74) is -0.490. The molecule has 3 aliphatic rings. The maximum atomic E-state index is 12.9. The molecular weight excluding hydrogens is 410 g/mol. The lowest BCUT2D eigenvalue weighted by Crippen LogP contribution is -2.52. The van der Waals surface area contributed by atoms with Crippen LogP contribution in [0.4, 0.5) is 4.79 Å². The van der Waals surface area contributed by atoms with E-state index in [2.05, 4.69) is 0 Å². The molecule has 0 saturated carbocycles. The highest BCUT2D eigenvalue weighted by atomic mass is 16.6. The molecule has 3 heterocycles. The van der Waals surface area contributed by atoms with Crippen LogP contribution in [0.1, 0.15) is 66.7 Å². The molecule has 0 aromatic carbocycles. The third-order valence-electron chi connectivity index (χ3n) is 6.66. The van der Waals surface area contributed by atoms with Crippen molar-refractivity contribution in [1.82, 2.24) is 14.7 Å². The molecule has 3 aliphatic heterocycles. The van der Waals surface area contributed by atoms with E-state index in [0.29, 0.717) is 51.6 Å².